The van der Waals surface area contributed by atoms with E-state index < -0.39 is 23.8 Å². The second-order valence-electron chi connectivity index (χ2n) is 10.5. The fourth-order valence-electron chi connectivity index (χ4n) is 3.85. The quantitative estimate of drug-likeness (QED) is 0.496. The van der Waals surface area contributed by atoms with Crippen LogP contribution in [0.3, 0.4) is 0 Å². The maximum atomic E-state index is 14.0. The van der Waals surface area contributed by atoms with Crippen molar-refractivity contribution in [2.45, 2.75) is 106 Å². The van der Waals surface area contributed by atoms with Gasteiger partial charge in [0.2, 0.25) is 11.8 Å². The summed E-state index contributed by atoms with van der Waals surface area (Å²) in [5, 5.41) is 5.77. The van der Waals surface area contributed by atoms with E-state index in [9.17, 15) is 14.4 Å². The maximum absolute atomic E-state index is 14.0. The van der Waals surface area contributed by atoms with E-state index in [0.29, 0.717) is 19.4 Å². The Labute approximate surface area is 206 Å². The van der Waals surface area contributed by atoms with Gasteiger partial charge in [0.15, 0.2) is 0 Å². The van der Waals surface area contributed by atoms with Gasteiger partial charge >= 0.3 is 6.09 Å². The predicted octanol–water partition coefficient (Wildman–Crippen LogP) is 5.05. The zero-order valence-corrected chi connectivity index (χ0v) is 22.7. The topological polar surface area (TPSA) is 87.7 Å². The van der Waals surface area contributed by atoms with E-state index in [-0.39, 0.29) is 23.8 Å². The van der Waals surface area contributed by atoms with E-state index in [0.717, 1.165) is 16.7 Å². The van der Waals surface area contributed by atoms with Crippen LogP contribution in [0.4, 0.5) is 4.79 Å². The lowest BCUT2D eigenvalue weighted by Crippen LogP contribution is -2.55. The normalized spacial score (nSPS) is 14.2. The zero-order valence-electron chi connectivity index (χ0n) is 22.7. The number of rotatable bonds is 10. The zero-order chi connectivity index (χ0) is 26.2. The van der Waals surface area contributed by atoms with E-state index in [4.69, 9.17) is 4.74 Å². The Balaban J connectivity index is 3.51. The monoisotopic (exact) mass is 475 g/mol. The van der Waals surface area contributed by atoms with Crippen LogP contribution in [-0.4, -0.2) is 47.0 Å². The standard InChI is InChI=1S/C27H45N3O4/c1-11-15-30(25(32)22(19(6)12-2)29-26(33)34-27(8,9)10)23(24(31)28-17(3)4)21-14-13-18(5)16-20(21)7/h13-14,16-17,19,22-23H,11-12,15H2,1-10H3,(H,28,31)(H,29,33). The van der Waals surface area contributed by atoms with Crippen LogP contribution in [0, 0.1) is 19.8 Å². The third kappa shape index (κ3) is 8.65. The molecule has 0 aliphatic rings. The van der Waals surface area contributed by atoms with Crippen molar-refractivity contribution < 1.29 is 19.1 Å². The minimum Gasteiger partial charge on any atom is -0.444 e. The molecule has 1 aromatic rings. The second kappa shape index (κ2) is 12.8. The number of hydrogen-bond acceptors (Lipinski definition) is 4. The van der Waals surface area contributed by atoms with Crippen LogP contribution in [0.5, 0.6) is 0 Å². The molecule has 0 aromatic heterocycles. The van der Waals surface area contributed by atoms with Crippen molar-refractivity contribution in [3.63, 3.8) is 0 Å². The summed E-state index contributed by atoms with van der Waals surface area (Å²) >= 11 is 0. The van der Waals surface area contributed by atoms with E-state index in [1.165, 1.54) is 0 Å². The smallest absolute Gasteiger partial charge is 0.408 e. The number of ether oxygens (including phenoxy) is 1. The Bertz CT molecular complexity index is 845. The van der Waals surface area contributed by atoms with Gasteiger partial charge in [0.05, 0.1) is 0 Å². The van der Waals surface area contributed by atoms with Gasteiger partial charge in [-0.25, -0.2) is 4.79 Å². The third-order valence-electron chi connectivity index (χ3n) is 5.61. The summed E-state index contributed by atoms with van der Waals surface area (Å²) in [6.45, 7) is 19.3. The summed E-state index contributed by atoms with van der Waals surface area (Å²) in [6, 6.07) is 4.20. The molecule has 0 aliphatic carbocycles. The molecule has 3 amide bonds. The first-order valence-electron chi connectivity index (χ1n) is 12.4. The molecule has 0 fully saturated rings. The van der Waals surface area contributed by atoms with Gasteiger partial charge < -0.3 is 20.3 Å². The molecule has 7 nitrogen and oxygen atoms in total. The second-order valence-corrected chi connectivity index (χ2v) is 10.5. The van der Waals surface area contributed by atoms with Gasteiger partial charge in [0.1, 0.15) is 17.7 Å². The molecule has 34 heavy (non-hydrogen) atoms. The summed E-state index contributed by atoms with van der Waals surface area (Å²) < 4.78 is 5.43. The van der Waals surface area contributed by atoms with Crippen molar-refractivity contribution in [3.05, 3.63) is 34.9 Å². The number of benzene rings is 1. The van der Waals surface area contributed by atoms with Crippen LogP contribution >= 0.6 is 0 Å². The minimum absolute atomic E-state index is 0.0791. The Morgan fingerprint density at radius 3 is 2.12 bits per heavy atom. The molecular formula is C27H45N3O4. The number of aryl methyl sites for hydroxylation is 2. The molecular weight excluding hydrogens is 430 g/mol. The largest absolute Gasteiger partial charge is 0.444 e. The van der Waals surface area contributed by atoms with Crippen LogP contribution in [0.1, 0.15) is 91.0 Å². The minimum atomic E-state index is -0.813. The molecule has 0 saturated carbocycles. The van der Waals surface area contributed by atoms with Crippen molar-refractivity contribution >= 4 is 17.9 Å². The highest BCUT2D eigenvalue weighted by Gasteiger charge is 2.38. The highest BCUT2D eigenvalue weighted by molar-refractivity contribution is 5.92. The molecule has 0 radical (unpaired) electrons. The van der Waals surface area contributed by atoms with E-state index in [2.05, 4.69) is 10.6 Å². The lowest BCUT2D eigenvalue weighted by Gasteiger charge is -2.36. The molecule has 0 spiro atoms. The number of hydrogen-bond donors (Lipinski definition) is 2. The molecule has 0 saturated heterocycles. The molecule has 1 rings (SSSR count). The van der Waals surface area contributed by atoms with Gasteiger partial charge in [-0.2, -0.15) is 0 Å². The predicted molar refractivity (Wildman–Crippen MR) is 137 cm³/mol. The number of nitrogens with zero attached hydrogens (tertiary/aromatic N) is 1. The molecule has 0 heterocycles. The fraction of sp³-hybridized carbons (Fsp3) is 0.667. The van der Waals surface area contributed by atoms with Crippen molar-refractivity contribution in [3.8, 4) is 0 Å². The van der Waals surface area contributed by atoms with Gasteiger partial charge in [-0.1, -0.05) is 51.0 Å². The lowest BCUT2D eigenvalue weighted by molar-refractivity contribution is -0.143. The first-order chi connectivity index (χ1) is 15.7. The molecule has 1 aromatic carbocycles. The maximum Gasteiger partial charge on any atom is 0.408 e. The molecule has 7 heteroatoms. The SMILES string of the molecule is CCCN(C(=O)C(NC(=O)OC(C)(C)C)C(C)CC)C(C(=O)NC(C)C)c1ccc(C)cc1C. The van der Waals surface area contributed by atoms with E-state index in [1.54, 1.807) is 25.7 Å². The van der Waals surface area contributed by atoms with Crippen molar-refractivity contribution in [1.29, 1.82) is 0 Å². The first-order valence-corrected chi connectivity index (χ1v) is 12.4. The van der Waals surface area contributed by atoms with Crippen LogP contribution < -0.4 is 10.6 Å². The Kier molecular flexibility index (Phi) is 11.1. The molecule has 0 bridgehead atoms. The third-order valence-corrected chi connectivity index (χ3v) is 5.61. The van der Waals surface area contributed by atoms with Gasteiger partial charge in [-0.05, 0) is 71.9 Å². The summed E-state index contributed by atoms with van der Waals surface area (Å²) in [5.74, 6) is -0.665. The van der Waals surface area contributed by atoms with Crippen LogP contribution in [0.15, 0.2) is 18.2 Å². The van der Waals surface area contributed by atoms with Crippen LogP contribution in [-0.2, 0) is 14.3 Å². The highest BCUT2D eigenvalue weighted by Crippen LogP contribution is 2.28. The van der Waals surface area contributed by atoms with E-state index >= 15 is 0 Å². The van der Waals surface area contributed by atoms with Crippen molar-refractivity contribution in [2.24, 2.45) is 5.92 Å². The molecule has 192 valence electrons. The van der Waals surface area contributed by atoms with Crippen molar-refractivity contribution in [1.82, 2.24) is 15.5 Å². The highest BCUT2D eigenvalue weighted by atomic mass is 16.6. The van der Waals surface area contributed by atoms with Gasteiger partial charge in [0.25, 0.3) is 0 Å². The Hall–Kier alpha value is -2.57. The number of carbonyl (C=O) groups is 3. The van der Waals surface area contributed by atoms with E-state index in [1.807, 2.05) is 66.7 Å². The van der Waals surface area contributed by atoms with Gasteiger partial charge in [0, 0.05) is 12.6 Å². The van der Waals surface area contributed by atoms with Crippen LogP contribution in [0.2, 0.25) is 0 Å². The van der Waals surface area contributed by atoms with Gasteiger partial charge in [-0.3, -0.25) is 9.59 Å². The summed E-state index contributed by atoms with van der Waals surface area (Å²) in [7, 11) is 0. The average Bonchev–Trinajstić information content (AvgIpc) is 2.70. The number of nitrogens with one attached hydrogen (secondary N) is 2. The van der Waals surface area contributed by atoms with Gasteiger partial charge in [-0.15, -0.1) is 0 Å². The molecule has 3 atom stereocenters. The van der Waals surface area contributed by atoms with Crippen LogP contribution in [0.25, 0.3) is 0 Å². The Morgan fingerprint density at radius 2 is 1.65 bits per heavy atom. The summed E-state index contributed by atoms with van der Waals surface area (Å²) in [5.41, 5.74) is 2.13. The number of amides is 3. The number of alkyl carbamates (subject to hydrolysis) is 1. The number of carbonyl (C=O) groups excluding carboxylic acids is 3. The lowest BCUT2D eigenvalue weighted by atomic mass is 9.93. The average molecular weight is 476 g/mol. The summed E-state index contributed by atoms with van der Waals surface area (Å²) in [4.78, 5) is 41.7. The molecule has 3 unspecified atom stereocenters. The summed E-state index contributed by atoms with van der Waals surface area (Å²) in [6.07, 6.45) is 0.706. The molecule has 2 N–H and O–H groups in total. The Morgan fingerprint density at radius 1 is 1.03 bits per heavy atom. The molecule has 0 aliphatic heterocycles. The van der Waals surface area contributed by atoms with Crippen molar-refractivity contribution in [2.75, 3.05) is 6.54 Å². The fourth-order valence-corrected chi connectivity index (χ4v) is 3.85. The first kappa shape index (κ1) is 29.5.